The number of carbonyl (C=O) groups is 2. The summed E-state index contributed by atoms with van der Waals surface area (Å²) < 4.78 is 0. The molecule has 0 fully saturated rings. The maximum absolute atomic E-state index is 11.9. The number of carboxylic acid groups (broad SMARTS) is 1. The van der Waals surface area contributed by atoms with Gasteiger partial charge in [0.25, 0.3) is 11.6 Å². The number of hydrogen-bond donors (Lipinski definition) is 2. The lowest BCUT2D eigenvalue weighted by Gasteiger charge is -2.07. The summed E-state index contributed by atoms with van der Waals surface area (Å²) in [6, 6.07) is 7.86. The number of amides is 1. The molecule has 0 aliphatic heterocycles. The van der Waals surface area contributed by atoms with E-state index >= 15 is 0 Å². The van der Waals surface area contributed by atoms with Gasteiger partial charge in [0.2, 0.25) is 0 Å². The number of carbonyl (C=O) groups excluding carboxylic acids is 1. The number of anilines is 1. The zero-order valence-corrected chi connectivity index (χ0v) is 10.5. The summed E-state index contributed by atoms with van der Waals surface area (Å²) in [4.78, 5) is 36.8. The number of aromatic carboxylic acids is 1. The number of nitro groups is 1. The van der Waals surface area contributed by atoms with Crippen LogP contribution in [-0.2, 0) is 0 Å². The molecule has 0 atom stereocenters. The summed E-state index contributed by atoms with van der Waals surface area (Å²) >= 11 is 0. The minimum atomic E-state index is -1.38. The number of nitrogens with one attached hydrogen (secondary N) is 1. The maximum atomic E-state index is 11.9. The molecule has 2 aromatic rings. The molecule has 1 amide bonds. The number of hydrogen-bond acceptors (Lipinski definition) is 5. The van der Waals surface area contributed by atoms with Gasteiger partial charge < -0.3 is 10.4 Å². The molecule has 106 valence electrons. The summed E-state index contributed by atoms with van der Waals surface area (Å²) in [5, 5.41) is 22.1. The molecule has 0 unspecified atom stereocenters. The predicted molar refractivity (Wildman–Crippen MR) is 72.2 cm³/mol. The van der Waals surface area contributed by atoms with Crippen LogP contribution in [0.1, 0.15) is 20.8 Å². The minimum Gasteiger partial charge on any atom is -0.478 e. The van der Waals surface area contributed by atoms with Crippen LogP contribution >= 0.6 is 0 Å². The third kappa shape index (κ3) is 3.18. The van der Waals surface area contributed by atoms with Crippen molar-refractivity contribution in [2.75, 3.05) is 5.32 Å². The Kier molecular flexibility index (Phi) is 3.89. The van der Waals surface area contributed by atoms with Crippen LogP contribution in [0.15, 0.2) is 42.6 Å². The van der Waals surface area contributed by atoms with Gasteiger partial charge in [-0.25, -0.2) is 4.79 Å². The largest absolute Gasteiger partial charge is 0.478 e. The Morgan fingerprint density at radius 3 is 2.57 bits per heavy atom. The third-order valence-electron chi connectivity index (χ3n) is 2.59. The molecule has 0 bridgehead atoms. The normalized spacial score (nSPS) is 9.90. The number of non-ortho nitro benzene ring substituents is 1. The molecule has 0 aliphatic rings. The van der Waals surface area contributed by atoms with E-state index in [4.69, 9.17) is 5.11 Å². The molecule has 2 N–H and O–H groups in total. The molecular weight excluding hydrogens is 278 g/mol. The van der Waals surface area contributed by atoms with E-state index in [0.29, 0.717) is 0 Å². The van der Waals surface area contributed by atoms with Gasteiger partial charge >= 0.3 is 5.97 Å². The molecule has 0 saturated carbocycles. The quantitative estimate of drug-likeness (QED) is 0.654. The Morgan fingerprint density at radius 2 is 2.00 bits per heavy atom. The number of aromatic nitrogens is 1. The first-order valence-electron chi connectivity index (χ1n) is 5.73. The van der Waals surface area contributed by atoms with Gasteiger partial charge in [-0.15, -0.1) is 0 Å². The maximum Gasteiger partial charge on any atom is 0.338 e. The van der Waals surface area contributed by atoms with Crippen molar-refractivity contribution >= 4 is 23.3 Å². The fourth-order valence-corrected chi connectivity index (χ4v) is 1.62. The summed E-state index contributed by atoms with van der Waals surface area (Å²) in [5.74, 6) is -1.98. The van der Waals surface area contributed by atoms with Crippen LogP contribution in [0.25, 0.3) is 0 Å². The molecular formula is C13H9N3O5. The highest BCUT2D eigenvalue weighted by Gasteiger charge is 2.18. The van der Waals surface area contributed by atoms with Gasteiger partial charge in [0.15, 0.2) is 0 Å². The van der Waals surface area contributed by atoms with Gasteiger partial charge in [-0.1, -0.05) is 6.07 Å². The van der Waals surface area contributed by atoms with Crippen LogP contribution in [0.4, 0.5) is 11.4 Å². The van der Waals surface area contributed by atoms with Gasteiger partial charge in [-0.3, -0.25) is 19.9 Å². The number of nitro benzene ring substituents is 1. The van der Waals surface area contributed by atoms with E-state index in [2.05, 4.69) is 10.3 Å². The van der Waals surface area contributed by atoms with Crippen molar-refractivity contribution in [3.63, 3.8) is 0 Å². The molecule has 1 aromatic carbocycles. The Balaban J connectivity index is 2.34. The van der Waals surface area contributed by atoms with Gasteiger partial charge in [0.05, 0.1) is 16.2 Å². The number of nitrogens with zero attached hydrogens (tertiary/aromatic N) is 2. The highest BCUT2D eigenvalue weighted by Crippen LogP contribution is 2.22. The zero-order valence-electron chi connectivity index (χ0n) is 10.5. The van der Waals surface area contributed by atoms with Crippen molar-refractivity contribution < 1.29 is 19.6 Å². The van der Waals surface area contributed by atoms with E-state index in [-0.39, 0.29) is 22.6 Å². The second-order valence-electron chi connectivity index (χ2n) is 3.96. The van der Waals surface area contributed by atoms with Gasteiger partial charge in [-0.2, -0.15) is 0 Å². The molecule has 0 aliphatic carbocycles. The average Bonchev–Trinajstić information content (AvgIpc) is 2.48. The Morgan fingerprint density at radius 1 is 1.24 bits per heavy atom. The smallest absolute Gasteiger partial charge is 0.338 e. The molecule has 2 rings (SSSR count). The summed E-state index contributed by atoms with van der Waals surface area (Å²) in [6.07, 6.45) is 1.42. The van der Waals surface area contributed by atoms with Crippen LogP contribution < -0.4 is 5.32 Å². The Labute approximate surface area is 118 Å². The standard InChI is InChI=1S/C13H9N3O5/c17-12(11-3-1-2-6-14-11)15-10-5-4-8(16(20)21)7-9(10)13(18)19/h1-7H,(H,15,17)(H,18,19). The first-order chi connectivity index (χ1) is 9.99. The second-order valence-corrected chi connectivity index (χ2v) is 3.96. The average molecular weight is 287 g/mol. The van der Waals surface area contributed by atoms with E-state index in [1.54, 1.807) is 12.1 Å². The number of pyridine rings is 1. The fourth-order valence-electron chi connectivity index (χ4n) is 1.62. The topological polar surface area (TPSA) is 122 Å². The van der Waals surface area contributed by atoms with Gasteiger partial charge in [0.1, 0.15) is 5.69 Å². The van der Waals surface area contributed by atoms with Crippen LogP contribution in [0.2, 0.25) is 0 Å². The molecule has 8 heteroatoms. The Bertz CT molecular complexity index is 715. The molecule has 1 heterocycles. The first-order valence-corrected chi connectivity index (χ1v) is 5.73. The van der Waals surface area contributed by atoms with Crippen molar-refractivity contribution in [2.45, 2.75) is 0 Å². The lowest BCUT2D eigenvalue weighted by atomic mass is 10.1. The van der Waals surface area contributed by atoms with Crippen molar-refractivity contribution in [1.82, 2.24) is 4.98 Å². The van der Waals surface area contributed by atoms with Crippen LogP contribution in [-0.4, -0.2) is 26.9 Å². The van der Waals surface area contributed by atoms with Crippen LogP contribution in [0.5, 0.6) is 0 Å². The van der Waals surface area contributed by atoms with E-state index < -0.39 is 16.8 Å². The van der Waals surface area contributed by atoms with E-state index in [0.717, 1.165) is 12.1 Å². The van der Waals surface area contributed by atoms with Crippen molar-refractivity contribution in [3.05, 3.63) is 64.0 Å². The summed E-state index contributed by atoms with van der Waals surface area (Å²) in [6.45, 7) is 0. The first kappa shape index (κ1) is 14.1. The summed E-state index contributed by atoms with van der Waals surface area (Å²) in [7, 11) is 0. The van der Waals surface area contributed by atoms with Crippen molar-refractivity contribution in [2.24, 2.45) is 0 Å². The van der Waals surface area contributed by atoms with Crippen LogP contribution in [0.3, 0.4) is 0 Å². The van der Waals surface area contributed by atoms with Crippen molar-refractivity contribution in [3.8, 4) is 0 Å². The van der Waals surface area contributed by atoms with E-state index in [9.17, 15) is 19.7 Å². The third-order valence-corrected chi connectivity index (χ3v) is 2.59. The highest BCUT2D eigenvalue weighted by molar-refractivity contribution is 6.07. The molecule has 0 radical (unpaired) electrons. The van der Waals surface area contributed by atoms with E-state index in [1.807, 2.05) is 0 Å². The number of carboxylic acids is 1. The van der Waals surface area contributed by atoms with E-state index in [1.165, 1.54) is 18.3 Å². The zero-order chi connectivity index (χ0) is 15.4. The Hall–Kier alpha value is -3.29. The van der Waals surface area contributed by atoms with Crippen molar-refractivity contribution in [1.29, 1.82) is 0 Å². The lowest BCUT2D eigenvalue weighted by Crippen LogP contribution is -2.16. The number of rotatable bonds is 4. The molecule has 0 spiro atoms. The number of benzene rings is 1. The second kappa shape index (κ2) is 5.78. The predicted octanol–water partition coefficient (Wildman–Crippen LogP) is 1.94. The minimum absolute atomic E-state index is 0.0382. The van der Waals surface area contributed by atoms with Gasteiger partial charge in [-0.05, 0) is 18.2 Å². The molecule has 1 aromatic heterocycles. The van der Waals surface area contributed by atoms with Gasteiger partial charge in [0, 0.05) is 18.3 Å². The monoisotopic (exact) mass is 287 g/mol. The highest BCUT2D eigenvalue weighted by atomic mass is 16.6. The molecule has 21 heavy (non-hydrogen) atoms. The molecule has 8 nitrogen and oxygen atoms in total. The molecule has 0 saturated heterocycles. The fraction of sp³-hybridized carbons (Fsp3) is 0. The lowest BCUT2D eigenvalue weighted by molar-refractivity contribution is -0.384. The summed E-state index contributed by atoms with van der Waals surface area (Å²) in [5.41, 5.74) is -0.673. The van der Waals surface area contributed by atoms with Crippen LogP contribution in [0, 0.1) is 10.1 Å². The SMILES string of the molecule is O=C(Nc1ccc([N+](=O)[O-])cc1C(=O)O)c1ccccn1.